The number of anilines is 1. The smallest absolute Gasteiger partial charge is 0.193 e. The Morgan fingerprint density at radius 3 is 2.55 bits per heavy atom. The number of aliphatic imine (C=N–C) groups is 1. The topological polar surface area (TPSA) is 59.6 Å². The van der Waals surface area contributed by atoms with Gasteiger partial charge in [-0.2, -0.15) is 0 Å². The number of hydrogen-bond donors (Lipinski definition) is 2. The minimum atomic E-state index is -0.0411. The quantitative estimate of drug-likeness (QED) is 0.656. The second-order valence-corrected chi connectivity index (χ2v) is 5.46. The molecule has 0 fully saturated rings. The van der Waals surface area contributed by atoms with E-state index in [1.165, 1.54) is 11.1 Å². The van der Waals surface area contributed by atoms with Crippen LogP contribution in [0.1, 0.15) is 18.1 Å². The third kappa shape index (κ3) is 5.13. The first-order valence-corrected chi connectivity index (χ1v) is 7.40. The second kappa shape index (κ2) is 7.50. The van der Waals surface area contributed by atoms with Crippen LogP contribution in [0.4, 0.5) is 5.69 Å². The van der Waals surface area contributed by atoms with Crippen LogP contribution in [-0.2, 0) is 0 Å². The first kappa shape index (κ1) is 15.9. The zero-order valence-electron chi connectivity index (χ0n) is 13.3. The number of guanidine groups is 1. The highest BCUT2D eigenvalue weighted by atomic mass is 16.5. The molecule has 0 aliphatic heterocycles. The van der Waals surface area contributed by atoms with Crippen molar-refractivity contribution in [1.29, 1.82) is 0 Å². The van der Waals surface area contributed by atoms with Crippen molar-refractivity contribution in [3.05, 3.63) is 59.7 Å². The van der Waals surface area contributed by atoms with Gasteiger partial charge >= 0.3 is 0 Å². The number of aryl methyl sites for hydroxylation is 2. The molecule has 2 aromatic rings. The second-order valence-electron chi connectivity index (χ2n) is 5.46. The van der Waals surface area contributed by atoms with E-state index in [9.17, 15) is 0 Å². The molecule has 0 saturated heterocycles. The van der Waals surface area contributed by atoms with E-state index in [1.54, 1.807) is 0 Å². The summed E-state index contributed by atoms with van der Waals surface area (Å²) in [6.45, 7) is 6.56. The average molecular weight is 297 g/mol. The molecule has 22 heavy (non-hydrogen) atoms. The molecule has 1 unspecified atom stereocenters. The van der Waals surface area contributed by atoms with Crippen LogP contribution in [0.5, 0.6) is 5.75 Å². The van der Waals surface area contributed by atoms with Gasteiger partial charge < -0.3 is 15.8 Å². The third-order valence-corrected chi connectivity index (χ3v) is 3.17. The molecule has 0 aromatic heterocycles. The van der Waals surface area contributed by atoms with Gasteiger partial charge in [0.25, 0.3) is 0 Å². The maximum Gasteiger partial charge on any atom is 0.193 e. The summed E-state index contributed by atoms with van der Waals surface area (Å²) in [6.07, 6.45) is -0.0411. The summed E-state index contributed by atoms with van der Waals surface area (Å²) in [4.78, 5) is 4.32. The summed E-state index contributed by atoms with van der Waals surface area (Å²) in [7, 11) is 0. The van der Waals surface area contributed by atoms with Crippen molar-refractivity contribution in [1.82, 2.24) is 0 Å². The fourth-order valence-corrected chi connectivity index (χ4v) is 2.02. The normalized spacial score (nSPS) is 12.8. The lowest BCUT2D eigenvalue weighted by atomic mass is 10.2. The van der Waals surface area contributed by atoms with Gasteiger partial charge in [-0.3, -0.25) is 0 Å². The Kier molecular flexibility index (Phi) is 5.42. The molecule has 4 nitrogen and oxygen atoms in total. The van der Waals surface area contributed by atoms with E-state index >= 15 is 0 Å². The van der Waals surface area contributed by atoms with Gasteiger partial charge in [-0.25, -0.2) is 4.99 Å². The van der Waals surface area contributed by atoms with Crippen LogP contribution < -0.4 is 15.8 Å². The van der Waals surface area contributed by atoms with E-state index in [0.717, 1.165) is 11.4 Å². The molecule has 0 aliphatic rings. The molecular weight excluding hydrogens is 274 g/mol. The van der Waals surface area contributed by atoms with Gasteiger partial charge in [0.15, 0.2) is 5.96 Å². The highest BCUT2D eigenvalue weighted by Gasteiger charge is 2.04. The maximum atomic E-state index is 5.90. The Hall–Kier alpha value is -2.49. The summed E-state index contributed by atoms with van der Waals surface area (Å²) in [6, 6.07) is 16.0. The van der Waals surface area contributed by atoms with Crippen LogP contribution in [0.15, 0.2) is 53.5 Å². The Bertz CT molecular complexity index is 635. The van der Waals surface area contributed by atoms with Gasteiger partial charge in [-0.15, -0.1) is 0 Å². The van der Waals surface area contributed by atoms with E-state index < -0.39 is 0 Å². The predicted octanol–water partition coefficient (Wildman–Crippen LogP) is 3.50. The molecule has 116 valence electrons. The van der Waals surface area contributed by atoms with E-state index in [1.807, 2.05) is 62.4 Å². The molecule has 0 aliphatic carbocycles. The fraction of sp³-hybridized carbons (Fsp3) is 0.278. The van der Waals surface area contributed by atoms with Crippen LogP contribution >= 0.6 is 0 Å². The lowest BCUT2D eigenvalue weighted by Gasteiger charge is -2.13. The number of nitrogens with zero attached hydrogens (tertiary/aromatic N) is 1. The number of benzene rings is 2. The van der Waals surface area contributed by atoms with Crippen molar-refractivity contribution in [2.24, 2.45) is 10.7 Å². The van der Waals surface area contributed by atoms with E-state index in [-0.39, 0.29) is 6.10 Å². The molecule has 3 N–H and O–H groups in total. The number of hydrogen-bond acceptors (Lipinski definition) is 2. The molecule has 0 heterocycles. The first-order valence-electron chi connectivity index (χ1n) is 7.40. The molecule has 4 heteroatoms. The monoisotopic (exact) mass is 297 g/mol. The van der Waals surface area contributed by atoms with E-state index in [4.69, 9.17) is 10.5 Å². The standard InChI is InChI=1S/C18H23N3O/c1-13-7-9-17(10-8-13)22-15(3)12-20-18(19)21-16-6-4-5-14(2)11-16/h4-11,15H,12H2,1-3H3,(H3,19,20,21). The van der Waals surface area contributed by atoms with Crippen LogP contribution in [0.25, 0.3) is 0 Å². The number of rotatable bonds is 5. The van der Waals surface area contributed by atoms with Gasteiger partial charge in [-0.1, -0.05) is 29.8 Å². The predicted molar refractivity (Wildman–Crippen MR) is 92.6 cm³/mol. The Balaban J connectivity index is 1.85. The summed E-state index contributed by atoms with van der Waals surface area (Å²) in [5, 5.41) is 3.08. The molecule has 0 radical (unpaired) electrons. The van der Waals surface area contributed by atoms with E-state index in [0.29, 0.717) is 12.5 Å². The number of nitrogens with two attached hydrogens (primary N) is 1. The van der Waals surface area contributed by atoms with Crippen LogP contribution in [0.3, 0.4) is 0 Å². The molecular formula is C18H23N3O. The van der Waals surface area contributed by atoms with Crippen molar-refractivity contribution in [3.8, 4) is 5.75 Å². The highest BCUT2D eigenvalue weighted by molar-refractivity contribution is 5.92. The Morgan fingerprint density at radius 2 is 1.86 bits per heavy atom. The van der Waals surface area contributed by atoms with Crippen molar-refractivity contribution in [2.75, 3.05) is 11.9 Å². The molecule has 0 amide bonds. The summed E-state index contributed by atoms with van der Waals surface area (Å²) in [5.74, 6) is 1.24. The molecule has 0 saturated carbocycles. The summed E-state index contributed by atoms with van der Waals surface area (Å²) >= 11 is 0. The minimum absolute atomic E-state index is 0.0411. The summed E-state index contributed by atoms with van der Waals surface area (Å²) in [5.41, 5.74) is 9.23. The van der Waals surface area contributed by atoms with E-state index in [2.05, 4.69) is 17.2 Å². The highest BCUT2D eigenvalue weighted by Crippen LogP contribution is 2.13. The van der Waals surface area contributed by atoms with Gasteiger partial charge in [0, 0.05) is 5.69 Å². The van der Waals surface area contributed by atoms with Gasteiger partial charge in [0.1, 0.15) is 11.9 Å². The minimum Gasteiger partial charge on any atom is -0.489 e. The molecule has 1 atom stereocenters. The average Bonchev–Trinajstić information content (AvgIpc) is 2.48. The largest absolute Gasteiger partial charge is 0.489 e. The fourth-order valence-electron chi connectivity index (χ4n) is 2.02. The van der Waals surface area contributed by atoms with Crippen LogP contribution in [-0.4, -0.2) is 18.6 Å². The Morgan fingerprint density at radius 1 is 1.14 bits per heavy atom. The van der Waals surface area contributed by atoms with Gasteiger partial charge in [0.2, 0.25) is 0 Å². The third-order valence-electron chi connectivity index (χ3n) is 3.17. The number of nitrogens with one attached hydrogen (secondary N) is 1. The molecule has 2 aromatic carbocycles. The molecule has 0 bridgehead atoms. The first-order chi connectivity index (χ1) is 10.5. The summed E-state index contributed by atoms with van der Waals surface area (Å²) < 4.78 is 5.80. The van der Waals surface area contributed by atoms with Crippen molar-refractivity contribution >= 4 is 11.6 Å². The van der Waals surface area contributed by atoms with Crippen molar-refractivity contribution in [3.63, 3.8) is 0 Å². The SMILES string of the molecule is Cc1ccc(OC(C)CN=C(N)Nc2cccc(C)c2)cc1. The van der Waals surface area contributed by atoms with Crippen LogP contribution in [0, 0.1) is 13.8 Å². The van der Waals surface area contributed by atoms with Crippen molar-refractivity contribution in [2.45, 2.75) is 26.9 Å². The van der Waals surface area contributed by atoms with Gasteiger partial charge in [0.05, 0.1) is 6.54 Å². The lowest BCUT2D eigenvalue weighted by molar-refractivity contribution is 0.230. The Labute approximate surface area is 132 Å². The molecule has 2 rings (SSSR count). The van der Waals surface area contributed by atoms with Gasteiger partial charge in [-0.05, 0) is 50.6 Å². The van der Waals surface area contributed by atoms with Crippen molar-refractivity contribution < 1.29 is 4.74 Å². The number of ether oxygens (including phenoxy) is 1. The zero-order valence-corrected chi connectivity index (χ0v) is 13.3. The van der Waals surface area contributed by atoms with Crippen LogP contribution in [0.2, 0.25) is 0 Å². The lowest BCUT2D eigenvalue weighted by Crippen LogP contribution is -2.25. The molecule has 0 spiro atoms. The maximum absolute atomic E-state index is 5.90. The zero-order chi connectivity index (χ0) is 15.9.